The number of nitrogens with zero attached hydrogens (tertiary/aromatic N) is 4. The first kappa shape index (κ1) is 18.6. The molecule has 146 valence electrons. The summed E-state index contributed by atoms with van der Waals surface area (Å²) in [4.78, 5) is 4.51. The molecular formula is C20H23N5O2S. The summed E-state index contributed by atoms with van der Waals surface area (Å²) in [5.41, 5.74) is 1.87. The molecule has 2 aromatic heterocycles. The maximum atomic E-state index is 12.7. The third-order valence-corrected chi connectivity index (χ3v) is 6.69. The van der Waals surface area contributed by atoms with Gasteiger partial charge in [0, 0.05) is 25.5 Å². The topological polar surface area (TPSA) is 80.1 Å². The molecule has 3 aromatic rings. The number of sulfonamides is 1. The van der Waals surface area contributed by atoms with Gasteiger partial charge < -0.3 is 5.32 Å². The molecule has 1 fully saturated rings. The molecule has 0 aliphatic carbocycles. The zero-order valence-electron chi connectivity index (χ0n) is 15.5. The van der Waals surface area contributed by atoms with E-state index >= 15 is 0 Å². The second kappa shape index (κ2) is 8.12. The van der Waals surface area contributed by atoms with Crippen molar-refractivity contribution >= 4 is 15.8 Å². The molecule has 0 spiro atoms. The Balaban J connectivity index is 1.39. The lowest BCUT2D eigenvalue weighted by atomic mass is 10.2. The summed E-state index contributed by atoms with van der Waals surface area (Å²) in [6.07, 6.45) is 6.26. The Bertz CT molecular complexity index is 1010. The van der Waals surface area contributed by atoms with Crippen LogP contribution in [0.3, 0.4) is 0 Å². The smallest absolute Gasteiger partial charge is 0.244 e. The van der Waals surface area contributed by atoms with Crippen molar-refractivity contribution in [2.24, 2.45) is 0 Å². The van der Waals surface area contributed by atoms with Gasteiger partial charge in [0.25, 0.3) is 0 Å². The number of hydrogen-bond acceptors (Lipinski definition) is 5. The van der Waals surface area contributed by atoms with E-state index in [1.54, 1.807) is 16.4 Å². The number of anilines is 1. The average Bonchev–Trinajstić information content (AvgIpc) is 3.23. The average molecular weight is 398 g/mol. The van der Waals surface area contributed by atoms with Crippen LogP contribution >= 0.6 is 0 Å². The third kappa shape index (κ3) is 4.07. The van der Waals surface area contributed by atoms with Crippen molar-refractivity contribution in [3.05, 3.63) is 66.6 Å². The monoisotopic (exact) mass is 397 g/mol. The van der Waals surface area contributed by atoms with E-state index in [1.807, 2.05) is 47.3 Å². The van der Waals surface area contributed by atoms with E-state index in [9.17, 15) is 8.42 Å². The maximum absolute atomic E-state index is 12.7. The molecule has 0 atom stereocenters. The Morgan fingerprint density at radius 3 is 2.46 bits per heavy atom. The zero-order chi connectivity index (χ0) is 19.4. The highest BCUT2D eigenvalue weighted by molar-refractivity contribution is 7.89. The highest BCUT2D eigenvalue weighted by Gasteiger charge is 2.26. The summed E-state index contributed by atoms with van der Waals surface area (Å²) in [5.74, 6) is 0.617. The van der Waals surface area contributed by atoms with E-state index in [2.05, 4.69) is 15.4 Å². The van der Waals surface area contributed by atoms with Crippen molar-refractivity contribution in [3.8, 4) is 5.69 Å². The molecule has 3 heterocycles. The van der Waals surface area contributed by atoms with Crippen LogP contribution in [0.15, 0.2) is 65.8 Å². The first-order valence-corrected chi connectivity index (χ1v) is 10.9. The largest absolute Gasteiger partial charge is 0.364 e. The quantitative estimate of drug-likeness (QED) is 0.691. The molecule has 1 aliphatic heterocycles. The van der Waals surface area contributed by atoms with Crippen molar-refractivity contribution in [2.45, 2.75) is 30.7 Å². The first-order chi connectivity index (χ1) is 13.6. The van der Waals surface area contributed by atoms with Crippen LogP contribution in [-0.4, -0.2) is 40.6 Å². The highest BCUT2D eigenvalue weighted by Crippen LogP contribution is 2.20. The minimum absolute atomic E-state index is 0.244. The molecule has 28 heavy (non-hydrogen) atoms. The Morgan fingerprint density at radius 2 is 1.75 bits per heavy atom. The second-order valence-electron chi connectivity index (χ2n) is 6.78. The van der Waals surface area contributed by atoms with E-state index < -0.39 is 10.0 Å². The Labute approximate surface area is 165 Å². The molecule has 0 bridgehead atoms. The summed E-state index contributed by atoms with van der Waals surface area (Å²) >= 11 is 0. The summed E-state index contributed by atoms with van der Waals surface area (Å²) in [7, 11) is -3.45. The number of piperidine rings is 1. The second-order valence-corrected chi connectivity index (χ2v) is 8.72. The van der Waals surface area contributed by atoms with Gasteiger partial charge in [0.05, 0.1) is 17.9 Å². The molecule has 1 N–H and O–H groups in total. The molecule has 0 saturated carbocycles. The van der Waals surface area contributed by atoms with E-state index in [1.165, 1.54) is 6.20 Å². The Kier molecular flexibility index (Phi) is 5.40. The highest BCUT2D eigenvalue weighted by atomic mass is 32.2. The third-order valence-electron chi connectivity index (χ3n) is 4.80. The standard InChI is InChI=1S/C20H23N5O2S/c26-28(27,24-12-5-2-6-13-24)19-9-10-20(22-16-19)21-15-17-11-14-25(23-17)18-7-3-1-4-8-18/h1,3-4,7-11,14,16H,2,5-6,12-13,15H2,(H,21,22). The number of hydrogen-bond donors (Lipinski definition) is 1. The van der Waals surface area contributed by atoms with Gasteiger partial charge in [-0.05, 0) is 43.2 Å². The molecule has 7 nitrogen and oxygen atoms in total. The van der Waals surface area contributed by atoms with Gasteiger partial charge in [-0.3, -0.25) is 0 Å². The van der Waals surface area contributed by atoms with Crippen LogP contribution in [0.25, 0.3) is 5.69 Å². The van der Waals surface area contributed by atoms with E-state index in [0.29, 0.717) is 25.5 Å². The van der Waals surface area contributed by atoms with Crippen LogP contribution in [0, 0.1) is 0 Å². The van der Waals surface area contributed by atoms with E-state index in [0.717, 1.165) is 30.6 Å². The van der Waals surface area contributed by atoms with Crippen molar-refractivity contribution in [1.29, 1.82) is 0 Å². The minimum atomic E-state index is -3.45. The van der Waals surface area contributed by atoms with Gasteiger partial charge in [0.15, 0.2) is 0 Å². The van der Waals surface area contributed by atoms with Crippen LogP contribution < -0.4 is 5.32 Å². The van der Waals surface area contributed by atoms with Crippen LogP contribution in [0.1, 0.15) is 25.0 Å². The number of pyridine rings is 1. The number of aromatic nitrogens is 3. The van der Waals surface area contributed by atoms with Crippen LogP contribution in [0.5, 0.6) is 0 Å². The molecule has 4 rings (SSSR count). The van der Waals surface area contributed by atoms with Crippen molar-refractivity contribution < 1.29 is 8.42 Å². The summed E-state index contributed by atoms with van der Waals surface area (Å²) < 4.78 is 28.7. The number of rotatable bonds is 6. The fourth-order valence-electron chi connectivity index (χ4n) is 3.25. The molecular weight excluding hydrogens is 374 g/mol. The number of para-hydroxylation sites is 1. The van der Waals surface area contributed by atoms with E-state index in [-0.39, 0.29) is 4.90 Å². The molecule has 1 saturated heterocycles. The van der Waals surface area contributed by atoms with Gasteiger partial charge in [0.1, 0.15) is 10.7 Å². The molecule has 0 amide bonds. The van der Waals surface area contributed by atoms with Crippen LogP contribution in [-0.2, 0) is 16.6 Å². The van der Waals surface area contributed by atoms with Gasteiger partial charge in [-0.25, -0.2) is 18.1 Å². The molecule has 0 radical (unpaired) electrons. The fraction of sp³-hybridized carbons (Fsp3) is 0.300. The van der Waals surface area contributed by atoms with Crippen LogP contribution in [0.4, 0.5) is 5.82 Å². The molecule has 0 unspecified atom stereocenters. The number of nitrogens with one attached hydrogen (secondary N) is 1. The molecule has 1 aromatic carbocycles. The van der Waals surface area contributed by atoms with E-state index in [4.69, 9.17) is 0 Å². The van der Waals surface area contributed by atoms with Gasteiger partial charge >= 0.3 is 0 Å². The van der Waals surface area contributed by atoms with Crippen molar-refractivity contribution in [2.75, 3.05) is 18.4 Å². The summed E-state index contributed by atoms with van der Waals surface area (Å²) in [6, 6.07) is 15.1. The summed E-state index contributed by atoms with van der Waals surface area (Å²) in [6.45, 7) is 1.68. The normalized spacial score (nSPS) is 15.4. The lowest BCUT2D eigenvalue weighted by Gasteiger charge is -2.25. The van der Waals surface area contributed by atoms with Gasteiger partial charge in [-0.15, -0.1) is 0 Å². The van der Waals surface area contributed by atoms with Gasteiger partial charge in [-0.1, -0.05) is 24.6 Å². The summed E-state index contributed by atoms with van der Waals surface area (Å²) in [5, 5.41) is 7.73. The van der Waals surface area contributed by atoms with Crippen molar-refractivity contribution in [3.63, 3.8) is 0 Å². The van der Waals surface area contributed by atoms with Crippen molar-refractivity contribution in [1.82, 2.24) is 19.1 Å². The predicted molar refractivity (Wildman–Crippen MR) is 108 cm³/mol. The lowest BCUT2D eigenvalue weighted by Crippen LogP contribution is -2.35. The Morgan fingerprint density at radius 1 is 0.964 bits per heavy atom. The lowest BCUT2D eigenvalue weighted by molar-refractivity contribution is 0.346. The fourth-order valence-corrected chi connectivity index (χ4v) is 4.72. The van der Waals surface area contributed by atoms with Gasteiger partial charge in [-0.2, -0.15) is 9.40 Å². The molecule has 1 aliphatic rings. The minimum Gasteiger partial charge on any atom is -0.364 e. The zero-order valence-corrected chi connectivity index (χ0v) is 16.3. The maximum Gasteiger partial charge on any atom is 0.244 e. The number of benzene rings is 1. The van der Waals surface area contributed by atoms with Gasteiger partial charge in [0.2, 0.25) is 10.0 Å². The first-order valence-electron chi connectivity index (χ1n) is 9.43. The van der Waals surface area contributed by atoms with Crippen LogP contribution in [0.2, 0.25) is 0 Å². The predicted octanol–water partition coefficient (Wildman–Crippen LogP) is 3.05. The Hall–Kier alpha value is -2.71. The molecule has 8 heteroatoms. The SMILES string of the molecule is O=S(=O)(c1ccc(NCc2ccn(-c3ccccc3)n2)nc1)N1CCCCC1.